The zero-order valence-electron chi connectivity index (χ0n) is 29.0. The van der Waals surface area contributed by atoms with Crippen LogP contribution < -0.4 is 5.73 Å². The third-order valence-electron chi connectivity index (χ3n) is 10.1. The Morgan fingerprint density at radius 1 is 0.654 bits per heavy atom. The van der Waals surface area contributed by atoms with E-state index < -0.39 is 0 Å². The maximum Gasteiger partial charge on any atom is 0.157 e. The Hall–Kier alpha value is -6.52. The van der Waals surface area contributed by atoms with Gasteiger partial charge in [0.05, 0.1) is 6.54 Å². The van der Waals surface area contributed by atoms with Crippen LogP contribution in [0.15, 0.2) is 172 Å². The molecule has 1 aliphatic carbocycles. The van der Waals surface area contributed by atoms with Gasteiger partial charge in [-0.25, -0.2) is 4.99 Å². The van der Waals surface area contributed by atoms with Gasteiger partial charge >= 0.3 is 0 Å². The van der Waals surface area contributed by atoms with Crippen molar-refractivity contribution < 1.29 is 4.42 Å². The summed E-state index contributed by atoms with van der Waals surface area (Å²) in [5.41, 5.74) is 16.4. The van der Waals surface area contributed by atoms with Crippen molar-refractivity contribution in [3.63, 3.8) is 0 Å². The van der Waals surface area contributed by atoms with Crippen molar-refractivity contribution in [3.8, 4) is 22.3 Å². The van der Waals surface area contributed by atoms with Crippen LogP contribution in [0, 0.1) is 5.92 Å². The number of furan rings is 1. The number of hydrogen-bond acceptors (Lipinski definition) is 2. The van der Waals surface area contributed by atoms with Crippen molar-refractivity contribution in [2.24, 2.45) is 21.6 Å². The van der Waals surface area contributed by atoms with Crippen molar-refractivity contribution >= 4 is 50.3 Å². The smallest absolute Gasteiger partial charge is 0.157 e. The summed E-state index contributed by atoms with van der Waals surface area (Å²) in [5.74, 6) is 2.57. The molecule has 0 saturated heterocycles. The molecule has 4 heteroatoms. The van der Waals surface area contributed by atoms with E-state index in [0.29, 0.717) is 24.1 Å². The predicted octanol–water partition coefficient (Wildman–Crippen LogP) is 11.6. The van der Waals surface area contributed by atoms with Gasteiger partial charge in [-0.1, -0.05) is 146 Å². The molecule has 0 saturated carbocycles. The molecule has 7 aromatic carbocycles. The summed E-state index contributed by atoms with van der Waals surface area (Å²) in [4.78, 5) is 9.91. The number of nitrogens with two attached hydrogens (primary N) is 1. The highest BCUT2D eigenvalue weighted by Gasteiger charge is 2.20. The second-order valence-electron chi connectivity index (χ2n) is 13.7. The molecule has 1 aliphatic rings. The predicted molar refractivity (Wildman–Crippen MR) is 218 cm³/mol. The molecule has 0 aliphatic heterocycles. The van der Waals surface area contributed by atoms with E-state index in [2.05, 4.69) is 134 Å². The summed E-state index contributed by atoms with van der Waals surface area (Å²) in [6.07, 6.45) is 5.42. The minimum Gasteiger partial charge on any atom is -0.460 e. The van der Waals surface area contributed by atoms with Crippen molar-refractivity contribution in [1.82, 2.24) is 0 Å². The van der Waals surface area contributed by atoms with Crippen molar-refractivity contribution in [2.75, 3.05) is 0 Å². The molecule has 0 spiro atoms. The third-order valence-corrected chi connectivity index (χ3v) is 10.1. The lowest BCUT2D eigenvalue weighted by Crippen LogP contribution is -2.16. The summed E-state index contributed by atoms with van der Waals surface area (Å²) >= 11 is 0. The number of hydrogen-bond donors (Lipinski definition) is 1. The van der Waals surface area contributed by atoms with Crippen LogP contribution in [0.1, 0.15) is 34.9 Å². The molecule has 9 rings (SSSR count). The zero-order valence-corrected chi connectivity index (χ0v) is 29.0. The Kier molecular flexibility index (Phi) is 8.05. The standard InChI is InChI=1S/C48H37N3O/c1-31-14-25-43-45(26-31)52-44-13-7-12-42(46(43)44)39-23-20-35-21-24-40(29-41(35)28-39)47(49)51-48(36-9-3-2-4-10-36)50-30-32-15-17-34(18-16-32)38-22-19-33-8-5-6-11-37(33)27-38/h2-25,27-29,31H,26,30H2,1H3,(H2,49,50,51). The number of aliphatic imine (C=N–C) groups is 2. The summed E-state index contributed by atoms with van der Waals surface area (Å²) in [7, 11) is 0. The molecular formula is C48H37N3O. The maximum atomic E-state index is 6.76. The fourth-order valence-electron chi connectivity index (χ4n) is 7.28. The molecule has 0 fully saturated rings. The molecular weight excluding hydrogens is 635 g/mol. The summed E-state index contributed by atoms with van der Waals surface area (Å²) in [6, 6.07) is 52.9. The number of rotatable bonds is 6. The Morgan fingerprint density at radius 2 is 1.37 bits per heavy atom. The monoisotopic (exact) mass is 671 g/mol. The minimum absolute atomic E-state index is 0.423. The first-order chi connectivity index (χ1) is 25.6. The van der Waals surface area contributed by atoms with Gasteiger partial charge in [-0.3, -0.25) is 4.99 Å². The van der Waals surface area contributed by atoms with E-state index in [1.54, 1.807) is 0 Å². The number of fused-ring (bicyclic) bond motifs is 5. The van der Waals surface area contributed by atoms with Crippen molar-refractivity contribution in [2.45, 2.75) is 19.9 Å². The Morgan fingerprint density at radius 3 is 2.21 bits per heavy atom. The van der Waals surface area contributed by atoms with Gasteiger partial charge in [-0.2, -0.15) is 0 Å². The Balaban J connectivity index is 1.02. The molecule has 0 amide bonds. The highest BCUT2D eigenvalue weighted by molar-refractivity contribution is 6.12. The molecule has 0 radical (unpaired) electrons. The van der Waals surface area contributed by atoms with E-state index in [9.17, 15) is 0 Å². The van der Waals surface area contributed by atoms with E-state index in [0.717, 1.165) is 50.8 Å². The fraction of sp³-hybridized carbons (Fsp3) is 0.0833. The van der Waals surface area contributed by atoms with E-state index in [1.165, 1.54) is 38.4 Å². The van der Waals surface area contributed by atoms with Gasteiger partial charge in [0.25, 0.3) is 0 Å². The van der Waals surface area contributed by atoms with Gasteiger partial charge < -0.3 is 10.2 Å². The molecule has 4 nitrogen and oxygen atoms in total. The molecule has 52 heavy (non-hydrogen) atoms. The number of benzene rings is 7. The zero-order chi connectivity index (χ0) is 35.0. The minimum atomic E-state index is 0.423. The molecule has 250 valence electrons. The first-order valence-corrected chi connectivity index (χ1v) is 17.8. The topological polar surface area (TPSA) is 63.9 Å². The van der Waals surface area contributed by atoms with Crippen LogP contribution in [0.5, 0.6) is 0 Å². The second kappa shape index (κ2) is 13.3. The summed E-state index contributed by atoms with van der Waals surface area (Å²) < 4.78 is 6.32. The number of amidine groups is 2. The van der Waals surface area contributed by atoms with Gasteiger partial charge in [-0.15, -0.1) is 0 Å². The van der Waals surface area contributed by atoms with E-state index in [4.69, 9.17) is 20.1 Å². The highest BCUT2D eigenvalue weighted by Crippen LogP contribution is 2.39. The SMILES string of the molecule is CC1C=Cc2c(oc3cccc(-c4ccc5ccc(/C(N)=N/C(=N\Cc6ccc(-c7ccc8ccccc8c7)cc6)c6ccccc6)cc5c4)c23)C1. The molecule has 0 bridgehead atoms. The van der Waals surface area contributed by atoms with Gasteiger partial charge in [0.1, 0.15) is 17.2 Å². The first-order valence-electron chi connectivity index (χ1n) is 17.8. The van der Waals surface area contributed by atoms with Crippen LogP contribution >= 0.6 is 0 Å². The average Bonchev–Trinajstić information content (AvgIpc) is 3.57. The van der Waals surface area contributed by atoms with Crippen LogP contribution in [0.2, 0.25) is 0 Å². The molecule has 1 heterocycles. The van der Waals surface area contributed by atoms with Gasteiger partial charge in [0, 0.05) is 28.5 Å². The van der Waals surface area contributed by atoms with Crippen LogP contribution in [-0.4, -0.2) is 11.7 Å². The Labute approximate surface area is 303 Å². The normalized spacial score (nSPS) is 14.7. The fourth-order valence-corrected chi connectivity index (χ4v) is 7.28. The average molecular weight is 672 g/mol. The molecule has 2 N–H and O–H groups in total. The van der Waals surface area contributed by atoms with Crippen molar-refractivity contribution in [3.05, 3.63) is 186 Å². The molecule has 8 aromatic rings. The molecule has 1 aromatic heterocycles. The van der Waals surface area contributed by atoms with Gasteiger partial charge in [0.2, 0.25) is 0 Å². The van der Waals surface area contributed by atoms with Crippen LogP contribution in [0.4, 0.5) is 0 Å². The number of allylic oxidation sites excluding steroid dienone is 1. The van der Waals surface area contributed by atoms with Crippen LogP contribution in [0.3, 0.4) is 0 Å². The lowest BCUT2D eigenvalue weighted by molar-refractivity contribution is 0.513. The lowest BCUT2D eigenvalue weighted by atomic mass is 9.91. The summed E-state index contributed by atoms with van der Waals surface area (Å²) in [6.45, 7) is 2.71. The van der Waals surface area contributed by atoms with E-state index in [1.807, 2.05) is 36.4 Å². The van der Waals surface area contributed by atoms with E-state index >= 15 is 0 Å². The third kappa shape index (κ3) is 6.09. The van der Waals surface area contributed by atoms with Crippen LogP contribution in [-0.2, 0) is 13.0 Å². The first kappa shape index (κ1) is 31.5. The van der Waals surface area contributed by atoms with Gasteiger partial charge in [0.15, 0.2) is 5.84 Å². The highest BCUT2D eigenvalue weighted by atomic mass is 16.3. The quantitative estimate of drug-likeness (QED) is 0.141. The van der Waals surface area contributed by atoms with E-state index in [-0.39, 0.29) is 0 Å². The van der Waals surface area contributed by atoms with Crippen LogP contribution in [0.25, 0.3) is 60.8 Å². The van der Waals surface area contributed by atoms with Gasteiger partial charge in [-0.05, 0) is 79.5 Å². The number of nitrogens with zero attached hydrogens (tertiary/aromatic N) is 2. The maximum absolute atomic E-state index is 6.76. The lowest BCUT2D eigenvalue weighted by Gasteiger charge is -2.11. The second-order valence-corrected chi connectivity index (χ2v) is 13.7. The summed E-state index contributed by atoms with van der Waals surface area (Å²) in [5, 5.41) is 5.88. The Bertz CT molecular complexity index is 2700. The largest absolute Gasteiger partial charge is 0.460 e. The molecule has 1 atom stereocenters. The molecule has 1 unspecified atom stereocenters. The van der Waals surface area contributed by atoms with Crippen molar-refractivity contribution in [1.29, 1.82) is 0 Å².